The molecule has 0 bridgehead atoms. The van der Waals surface area contributed by atoms with E-state index in [1.54, 1.807) is 33.6 Å². The van der Waals surface area contributed by atoms with E-state index >= 15 is 0 Å². The molecular formula is C48H55ClF2N12O2S4. The lowest BCUT2D eigenvalue weighted by molar-refractivity contribution is 0.109. The van der Waals surface area contributed by atoms with Crippen LogP contribution in [0.3, 0.4) is 0 Å². The summed E-state index contributed by atoms with van der Waals surface area (Å²) in [4.78, 5) is 34.3. The maximum atomic E-state index is 14.5. The third kappa shape index (κ3) is 12.5. The molecule has 364 valence electrons. The molecule has 0 unspecified atom stereocenters. The molecule has 8 heterocycles. The predicted molar refractivity (Wildman–Crippen MR) is 276 cm³/mol. The fourth-order valence-corrected chi connectivity index (χ4v) is 10.7. The third-order valence-corrected chi connectivity index (χ3v) is 15.7. The van der Waals surface area contributed by atoms with E-state index in [0.717, 1.165) is 92.0 Å². The van der Waals surface area contributed by atoms with Crippen molar-refractivity contribution >= 4 is 79.6 Å². The summed E-state index contributed by atoms with van der Waals surface area (Å²) in [5, 5.41) is 18.7. The maximum Gasteiger partial charge on any atom is 0.294 e. The molecule has 2 fully saturated rings. The summed E-state index contributed by atoms with van der Waals surface area (Å²) in [6.45, 7) is 11.9. The molecule has 14 nitrogen and oxygen atoms in total. The van der Waals surface area contributed by atoms with Crippen LogP contribution in [-0.4, -0.2) is 105 Å². The van der Waals surface area contributed by atoms with Gasteiger partial charge in [0, 0.05) is 71.9 Å². The van der Waals surface area contributed by atoms with E-state index in [-0.39, 0.29) is 23.8 Å². The number of aliphatic hydroxyl groups excluding tert-OH is 1. The second kappa shape index (κ2) is 23.3. The number of thioether (sulfide) groups is 2. The quantitative estimate of drug-likeness (QED) is 0.116. The first-order chi connectivity index (χ1) is 33.4. The summed E-state index contributed by atoms with van der Waals surface area (Å²) >= 11 is 11.4. The first-order valence-corrected chi connectivity index (χ1v) is 27.4. The number of aromatic nitrogens is 10. The highest BCUT2D eigenvalue weighted by Gasteiger charge is 2.28. The Morgan fingerprint density at radius 2 is 1.14 bits per heavy atom. The van der Waals surface area contributed by atoms with Crippen molar-refractivity contribution in [2.45, 2.75) is 88.2 Å². The highest BCUT2D eigenvalue weighted by Crippen LogP contribution is 2.33. The zero-order valence-corrected chi connectivity index (χ0v) is 43.3. The first kappa shape index (κ1) is 50.4. The van der Waals surface area contributed by atoms with Crippen LogP contribution in [0.1, 0.15) is 64.5 Å². The Kier molecular flexibility index (Phi) is 17.0. The largest absolute Gasteiger partial charge is 0.466 e. The molecule has 6 aromatic heterocycles. The van der Waals surface area contributed by atoms with Gasteiger partial charge >= 0.3 is 0 Å². The number of hydrogen-bond acceptors (Lipinski definition) is 16. The zero-order chi connectivity index (χ0) is 48.6. The highest BCUT2D eigenvalue weighted by atomic mass is 35.5. The minimum Gasteiger partial charge on any atom is -0.466 e. The van der Waals surface area contributed by atoms with Gasteiger partial charge in [0.2, 0.25) is 26.3 Å². The molecule has 0 spiro atoms. The summed E-state index contributed by atoms with van der Waals surface area (Å²) in [5.41, 5.74) is 4.42. The normalized spacial score (nSPS) is 15.4. The van der Waals surface area contributed by atoms with Crippen LogP contribution >= 0.6 is 57.8 Å². The Labute approximate surface area is 422 Å². The van der Waals surface area contributed by atoms with Gasteiger partial charge in [-0.2, -0.15) is 0 Å². The molecule has 69 heavy (non-hydrogen) atoms. The molecule has 2 aliphatic heterocycles. The Morgan fingerprint density at radius 1 is 0.696 bits per heavy atom. The van der Waals surface area contributed by atoms with Crippen LogP contribution in [0.25, 0.3) is 32.4 Å². The molecule has 2 atom stereocenters. The van der Waals surface area contributed by atoms with Crippen LogP contribution in [0.2, 0.25) is 4.47 Å². The minimum absolute atomic E-state index is 0.0393. The van der Waals surface area contributed by atoms with Crippen LogP contribution in [0.15, 0.2) is 83.4 Å². The SMILES string of the molecule is CCc1cnc(N2CCC([C@H](C)O)CC2)nc1.CCc1cnc(N2CCC([C@H](C)Oc3nn4cc(-c5ccc(SC)cc5F)nc4s3)CC2)nc1.CSc1ccc(-c2cn3nc(Cl)sc3n2)c(F)c1. The van der Waals surface area contributed by atoms with Crippen LogP contribution in [0.5, 0.6) is 5.19 Å². The lowest BCUT2D eigenvalue weighted by Gasteiger charge is -2.34. The van der Waals surface area contributed by atoms with Gasteiger partial charge in [-0.05, 0) is 147 Å². The number of rotatable bonds is 12. The van der Waals surface area contributed by atoms with Crippen molar-refractivity contribution in [3.05, 3.63) is 101 Å². The van der Waals surface area contributed by atoms with Gasteiger partial charge in [-0.3, -0.25) is 0 Å². The molecule has 8 aromatic rings. The fraction of sp³-hybridized carbons (Fsp3) is 0.417. The Hall–Kier alpha value is -4.99. The van der Waals surface area contributed by atoms with Crippen molar-refractivity contribution in [1.82, 2.24) is 49.1 Å². The summed E-state index contributed by atoms with van der Waals surface area (Å²) in [7, 11) is 0. The number of imidazole rings is 2. The average molecular weight is 1030 g/mol. The predicted octanol–water partition coefficient (Wildman–Crippen LogP) is 11.0. The van der Waals surface area contributed by atoms with Gasteiger partial charge in [-0.1, -0.05) is 25.2 Å². The van der Waals surface area contributed by atoms with Crippen LogP contribution in [0, 0.1) is 23.5 Å². The lowest BCUT2D eigenvalue weighted by Crippen LogP contribution is -2.39. The zero-order valence-electron chi connectivity index (χ0n) is 39.3. The van der Waals surface area contributed by atoms with Crippen molar-refractivity contribution < 1.29 is 18.6 Å². The van der Waals surface area contributed by atoms with E-state index < -0.39 is 0 Å². The molecule has 21 heteroatoms. The van der Waals surface area contributed by atoms with Gasteiger partial charge in [0.15, 0.2) is 0 Å². The number of fused-ring (bicyclic) bond motifs is 2. The topological polar surface area (TPSA) is 148 Å². The Bertz CT molecular complexity index is 2850. The van der Waals surface area contributed by atoms with E-state index in [0.29, 0.717) is 53.9 Å². The summed E-state index contributed by atoms with van der Waals surface area (Å²) in [5.74, 6) is 1.94. The molecule has 10 rings (SSSR count). The standard InChI is InChI=1S/C24H27FN6OS2.C13H21N3O.C11H7ClFN3S2/c1-4-16-12-26-22(27-13-16)30-9-7-17(8-10-30)15(2)32-24-29-31-14-21(28-23(31)34-24)19-6-5-18(33-3)11-20(19)25;1-3-11-8-14-13(15-9-11)16-6-4-12(5-7-16)10(2)17;1-17-6-2-3-7(8(13)4-6)9-5-16-11(14-9)18-10(12)15-16/h5-6,11-15,17H,4,7-10H2,1-3H3;8-10,12,17H,3-7H2,1-2H3;2-5H,1H3/t15-;10-;/m00./s1. The van der Waals surface area contributed by atoms with Gasteiger partial charge in [-0.25, -0.2) is 47.7 Å². The first-order valence-electron chi connectivity index (χ1n) is 22.9. The van der Waals surface area contributed by atoms with E-state index in [1.807, 2.05) is 56.4 Å². The number of ether oxygens (including phenoxy) is 1. The molecular weight excluding hydrogens is 978 g/mol. The second-order valence-corrected chi connectivity index (χ2v) is 21.0. The Morgan fingerprint density at radius 3 is 1.55 bits per heavy atom. The summed E-state index contributed by atoms with van der Waals surface area (Å²) in [6.07, 6.45) is 20.7. The average Bonchev–Trinajstić information content (AvgIpc) is 4.15. The fourth-order valence-electron chi connectivity index (χ4n) is 8.12. The smallest absolute Gasteiger partial charge is 0.294 e. The Balaban J connectivity index is 0.000000154. The molecule has 2 aromatic carbocycles. The number of benzene rings is 2. The van der Waals surface area contributed by atoms with Gasteiger partial charge in [0.1, 0.15) is 17.7 Å². The number of aliphatic hydroxyl groups is 1. The number of hydrogen-bond donors (Lipinski definition) is 1. The van der Waals surface area contributed by atoms with Crippen LogP contribution in [0.4, 0.5) is 20.7 Å². The van der Waals surface area contributed by atoms with Crippen molar-refractivity contribution in [3.63, 3.8) is 0 Å². The van der Waals surface area contributed by atoms with Crippen LogP contribution in [-0.2, 0) is 12.8 Å². The number of anilines is 2. The molecule has 2 saturated heterocycles. The highest BCUT2D eigenvalue weighted by molar-refractivity contribution is 7.98. The number of halogens is 3. The van der Waals surface area contributed by atoms with E-state index in [1.165, 1.54) is 63.9 Å². The molecule has 1 N–H and O–H groups in total. The minimum atomic E-state index is -0.279. The second-order valence-electron chi connectivity index (χ2n) is 16.8. The van der Waals surface area contributed by atoms with E-state index in [2.05, 4.69) is 70.7 Å². The number of nitrogens with zero attached hydrogens (tertiary/aromatic N) is 12. The van der Waals surface area contributed by atoms with Crippen molar-refractivity contribution in [2.24, 2.45) is 11.8 Å². The molecule has 2 aliphatic rings. The van der Waals surface area contributed by atoms with Gasteiger partial charge < -0.3 is 19.6 Å². The van der Waals surface area contributed by atoms with Crippen molar-refractivity contribution in [3.8, 4) is 27.7 Å². The van der Waals surface area contributed by atoms with Gasteiger partial charge in [-0.15, -0.1) is 33.7 Å². The number of piperidine rings is 2. The summed E-state index contributed by atoms with van der Waals surface area (Å²) < 4.78 is 38.2. The van der Waals surface area contributed by atoms with Gasteiger partial charge in [0.05, 0.1) is 29.9 Å². The molecule has 0 aliphatic carbocycles. The molecule has 0 radical (unpaired) electrons. The van der Waals surface area contributed by atoms with E-state index in [9.17, 15) is 13.9 Å². The monoisotopic (exact) mass is 1030 g/mol. The van der Waals surface area contributed by atoms with Crippen LogP contribution < -0.4 is 14.5 Å². The summed E-state index contributed by atoms with van der Waals surface area (Å²) in [6, 6.07) is 10.3. The third-order valence-electron chi connectivity index (χ3n) is 12.4. The number of aryl methyl sites for hydroxylation is 2. The lowest BCUT2D eigenvalue weighted by atomic mass is 9.92. The molecule has 0 saturated carbocycles. The van der Waals surface area contributed by atoms with Crippen molar-refractivity contribution in [2.75, 3.05) is 48.5 Å². The van der Waals surface area contributed by atoms with E-state index in [4.69, 9.17) is 16.3 Å². The molecule has 0 amide bonds. The maximum absolute atomic E-state index is 14.5. The van der Waals surface area contributed by atoms with Crippen molar-refractivity contribution in [1.29, 1.82) is 0 Å². The van der Waals surface area contributed by atoms with Gasteiger partial charge in [0.25, 0.3) is 5.19 Å².